The molecule has 0 radical (unpaired) electrons. The number of para-hydroxylation sites is 2. The minimum absolute atomic E-state index is 0.277. The molecule has 0 saturated heterocycles. The molecule has 0 spiro atoms. The molecule has 6 nitrogen and oxygen atoms in total. The van der Waals surface area contributed by atoms with E-state index in [1.807, 2.05) is 42.5 Å². The fourth-order valence-electron chi connectivity index (χ4n) is 5.37. The summed E-state index contributed by atoms with van der Waals surface area (Å²) in [5.41, 5.74) is 4.74. The zero-order valence-corrected chi connectivity index (χ0v) is 24.1. The average Bonchev–Trinajstić information content (AvgIpc) is 3.67. The highest BCUT2D eigenvalue weighted by Crippen LogP contribution is 2.33. The number of aromatic nitrogens is 2. The maximum Gasteiger partial charge on any atom is 0.231 e. The molecule has 214 valence electrons. The largest absolute Gasteiger partial charge is 0.457 e. The highest BCUT2D eigenvalue weighted by atomic mass is 16.7. The van der Waals surface area contributed by atoms with Crippen LogP contribution in [0.1, 0.15) is 36.6 Å². The summed E-state index contributed by atoms with van der Waals surface area (Å²) in [4.78, 5) is 7.40. The molecule has 1 aliphatic rings. The third kappa shape index (κ3) is 6.67. The van der Waals surface area contributed by atoms with Crippen molar-refractivity contribution in [1.29, 1.82) is 0 Å². The van der Waals surface area contributed by atoms with Gasteiger partial charge in [0, 0.05) is 31.7 Å². The average molecular weight is 560 g/mol. The fourth-order valence-corrected chi connectivity index (χ4v) is 5.37. The lowest BCUT2D eigenvalue weighted by Gasteiger charge is -2.24. The number of hydrogen-bond donors (Lipinski definition) is 0. The van der Waals surface area contributed by atoms with Crippen molar-refractivity contribution in [2.24, 2.45) is 0 Å². The standard InChI is InChI=1S/C36H37N3O3/c1-2-3-21-39-31(24-37-36(39)30-13-6-4-7-14-30)26-38(25-28-18-19-34-35(23-28)41-27-40-34)22-20-29-12-10-11-17-33(29)42-32-15-8-5-9-16-32/h4-19,23-24H,2-3,20-22,25-27H2,1H3. The number of ether oxygens (including phenoxy) is 3. The Balaban J connectivity index is 1.26. The van der Waals surface area contributed by atoms with Crippen LogP contribution >= 0.6 is 0 Å². The molecule has 0 fully saturated rings. The summed E-state index contributed by atoms with van der Waals surface area (Å²) in [6.07, 6.45) is 5.14. The molecule has 0 amide bonds. The quantitative estimate of drug-likeness (QED) is 0.146. The van der Waals surface area contributed by atoms with Crippen molar-refractivity contribution in [2.75, 3.05) is 13.3 Å². The Hall–Kier alpha value is -4.55. The number of rotatable bonds is 13. The molecule has 6 rings (SSSR count). The van der Waals surface area contributed by atoms with Crippen LogP contribution in [0.15, 0.2) is 109 Å². The second-order valence-corrected chi connectivity index (χ2v) is 10.6. The van der Waals surface area contributed by atoms with E-state index in [1.165, 1.54) is 16.8 Å². The van der Waals surface area contributed by atoms with Crippen LogP contribution < -0.4 is 14.2 Å². The molecular weight excluding hydrogens is 522 g/mol. The Morgan fingerprint density at radius 1 is 0.833 bits per heavy atom. The number of fused-ring (bicyclic) bond motifs is 1. The van der Waals surface area contributed by atoms with Gasteiger partial charge in [-0.05, 0) is 54.3 Å². The summed E-state index contributed by atoms with van der Waals surface area (Å²) in [7, 11) is 0. The Labute approximate surface area is 248 Å². The Morgan fingerprint density at radius 3 is 2.43 bits per heavy atom. The predicted molar refractivity (Wildman–Crippen MR) is 166 cm³/mol. The number of benzene rings is 4. The van der Waals surface area contributed by atoms with Gasteiger partial charge in [0.25, 0.3) is 0 Å². The lowest BCUT2D eigenvalue weighted by molar-refractivity contribution is 0.174. The van der Waals surface area contributed by atoms with E-state index in [1.54, 1.807) is 0 Å². The predicted octanol–water partition coefficient (Wildman–Crippen LogP) is 8.12. The summed E-state index contributed by atoms with van der Waals surface area (Å²) in [6, 6.07) is 35.0. The summed E-state index contributed by atoms with van der Waals surface area (Å²) in [6.45, 7) is 5.86. The van der Waals surface area contributed by atoms with Crippen LogP contribution in [0.25, 0.3) is 11.4 Å². The minimum Gasteiger partial charge on any atom is -0.457 e. The van der Waals surface area contributed by atoms with Gasteiger partial charge in [-0.25, -0.2) is 4.98 Å². The van der Waals surface area contributed by atoms with Gasteiger partial charge < -0.3 is 18.8 Å². The number of nitrogens with zero attached hydrogens (tertiary/aromatic N) is 3. The van der Waals surface area contributed by atoms with Gasteiger partial charge in [-0.1, -0.05) is 86.1 Å². The Kier molecular flexibility index (Phi) is 8.81. The molecule has 0 saturated carbocycles. The topological polar surface area (TPSA) is 48.8 Å². The third-order valence-corrected chi connectivity index (χ3v) is 7.58. The molecule has 0 unspecified atom stereocenters. The van der Waals surface area contributed by atoms with Crippen LogP contribution in [0.5, 0.6) is 23.0 Å². The number of hydrogen-bond acceptors (Lipinski definition) is 5. The highest BCUT2D eigenvalue weighted by molar-refractivity contribution is 5.56. The van der Waals surface area contributed by atoms with E-state index >= 15 is 0 Å². The van der Waals surface area contributed by atoms with Crippen LogP contribution in [0.2, 0.25) is 0 Å². The van der Waals surface area contributed by atoms with Gasteiger partial charge in [-0.15, -0.1) is 0 Å². The lowest BCUT2D eigenvalue weighted by Crippen LogP contribution is -2.27. The van der Waals surface area contributed by atoms with Gasteiger partial charge in [-0.2, -0.15) is 0 Å². The van der Waals surface area contributed by atoms with E-state index in [2.05, 4.69) is 83.3 Å². The minimum atomic E-state index is 0.277. The van der Waals surface area contributed by atoms with Gasteiger partial charge in [0.1, 0.15) is 17.3 Å². The van der Waals surface area contributed by atoms with Gasteiger partial charge in [0.15, 0.2) is 11.5 Å². The highest BCUT2D eigenvalue weighted by Gasteiger charge is 2.18. The maximum absolute atomic E-state index is 6.28. The molecule has 2 heterocycles. The molecule has 1 aliphatic heterocycles. The number of unbranched alkanes of at least 4 members (excludes halogenated alkanes) is 1. The summed E-state index contributed by atoms with van der Waals surface area (Å²) >= 11 is 0. The lowest BCUT2D eigenvalue weighted by atomic mass is 10.1. The van der Waals surface area contributed by atoms with Crippen molar-refractivity contribution >= 4 is 0 Å². The van der Waals surface area contributed by atoms with E-state index in [4.69, 9.17) is 19.2 Å². The van der Waals surface area contributed by atoms with E-state index in [0.717, 1.165) is 79.8 Å². The van der Waals surface area contributed by atoms with E-state index in [9.17, 15) is 0 Å². The second kappa shape index (κ2) is 13.4. The molecular formula is C36H37N3O3. The molecule has 0 aliphatic carbocycles. The SMILES string of the molecule is CCCCn1c(CN(CCc2ccccc2Oc2ccccc2)Cc2ccc3c(c2)OCO3)cnc1-c1ccccc1. The van der Waals surface area contributed by atoms with Crippen molar-refractivity contribution in [1.82, 2.24) is 14.5 Å². The first-order valence-electron chi connectivity index (χ1n) is 14.8. The van der Waals surface area contributed by atoms with Crippen LogP contribution in [0.4, 0.5) is 0 Å². The van der Waals surface area contributed by atoms with E-state index < -0.39 is 0 Å². The van der Waals surface area contributed by atoms with Crippen molar-refractivity contribution in [2.45, 2.75) is 45.8 Å². The molecule has 4 aromatic carbocycles. The van der Waals surface area contributed by atoms with Crippen LogP contribution in [0.3, 0.4) is 0 Å². The zero-order valence-electron chi connectivity index (χ0n) is 24.1. The molecule has 6 heteroatoms. The normalized spacial score (nSPS) is 12.1. The summed E-state index contributed by atoms with van der Waals surface area (Å²) in [5, 5.41) is 0. The monoisotopic (exact) mass is 559 g/mol. The summed E-state index contributed by atoms with van der Waals surface area (Å²) in [5.74, 6) is 4.39. The second-order valence-electron chi connectivity index (χ2n) is 10.6. The maximum atomic E-state index is 6.28. The third-order valence-electron chi connectivity index (χ3n) is 7.58. The zero-order chi connectivity index (χ0) is 28.6. The van der Waals surface area contributed by atoms with E-state index in [-0.39, 0.29) is 6.79 Å². The van der Waals surface area contributed by atoms with Crippen LogP contribution in [-0.4, -0.2) is 27.8 Å². The van der Waals surface area contributed by atoms with Gasteiger partial charge in [0.2, 0.25) is 6.79 Å². The smallest absolute Gasteiger partial charge is 0.231 e. The first-order chi connectivity index (χ1) is 20.8. The summed E-state index contributed by atoms with van der Waals surface area (Å²) < 4.78 is 19.9. The van der Waals surface area contributed by atoms with E-state index in [0.29, 0.717) is 0 Å². The Morgan fingerprint density at radius 2 is 1.60 bits per heavy atom. The van der Waals surface area contributed by atoms with Gasteiger partial charge >= 0.3 is 0 Å². The fraction of sp³-hybridized carbons (Fsp3) is 0.250. The first kappa shape index (κ1) is 27.6. The van der Waals surface area contributed by atoms with Crippen molar-refractivity contribution in [3.05, 3.63) is 126 Å². The molecule has 0 N–H and O–H groups in total. The molecule has 5 aromatic rings. The van der Waals surface area contributed by atoms with Crippen molar-refractivity contribution in [3.8, 4) is 34.4 Å². The number of imidazole rings is 1. The molecule has 0 bridgehead atoms. The first-order valence-corrected chi connectivity index (χ1v) is 14.8. The van der Waals surface area contributed by atoms with Crippen LogP contribution in [-0.2, 0) is 26.1 Å². The van der Waals surface area contributed by atoms with Gasteiger partial charge in [-0.3, -0.25) is 4.90 Å². The van der Waals surface area contributed by atoms with Crippen molar-refractivity contribution < 1.29 is 14.2 Å². The molecule has 1 aromatic heterocycles. The molecule has 42 heavy (non-hydrogen) atoms. The molecule has 0 atom stereocenters. The van der Waals surface area contributed by atoms with Crippen LogP contribution in [0, 0.1) is 0 Å². The Bertz CT molecular complexity index is 1580. The van der Waals surface area contributed by atoms with Crippen molar-refractivity contribution in [3.63, 3.8) is 0 Å². The van der Waals surface area contributed by atoms with Gasteiger partial charge in [0.05, 0.1) is 11.9 Å².